The van der Waals surface area contributed by atoms with Gasteiger partial charge in [0.15, 0.2) is 11.6 Å². The zero-order valence-corrected chi connectivity index (χ0v) is 19.0. The monoisotopic (exact) mass is 473 g/mol. The minimum atomic E-state index is -1.33. The van der Waals surface area contributed by atoms with Crippen molar-refractivity contribution in [2.45, 2.75) is 37.8 Å². The summed E-state index contributed by atoms with van der Waals surface area (Å²) in [6.07, 6.45) is 5.13. The van der Waals surface area contributed by atoms with E-state index in [9.17, 15) is 19.5 Å². The van der Waals surface area contributed by atoms with Crippen molar-refractivity contribution < 1.29 is 28.6 Å². The Morgan fingerprint density at radius 2 is 2.09 bits per heavy atom. The highest BCUT2D eigenvalue weighted by atomic mass is 19.1. The molecule has 0 unspecified atom stereocenters. The van der Waals surface area contributed by atoms with Gasteiger partial charge in [-0.25, -0.2) is 9.18 Å². The number of methoxy groups -OCH3 is 1. The summed E-state index contributed by atoms with van der Waals surface area (Å²) in [6.45, 7) is 3.53. The number of hydrogen-bond donors (Lipinski definition) is 1. The number of piperidine rings is 1. The first-order valence-corrected chi connectivity index (χ1v) is 11.7. The Hall–Kier alpha value is -3.14. The van der Waals surface area contributed by atoms with Crippen LogP contribution in [-0.2, 0) is 9.53 Å². The minimum absolute atomic E-state index is 0.0224. The topological polar surface area (TPSA) is 101 Å². The Labute approximate surface area is 195 Å². The fourth-order valence-corrected chi connectivity index (χ4v) is 5.68. The summed E-state index contributed by atoms with van der Waals surface area (Å²) in [6, 6.07) is 1.42. The summed E-state index contributed by atoms with van der Waals surface area (Å²) in [5, 5.41) is 9.54. The number of carboxylic acids is 1. The maximum absolute atomic E-state index is 15.6. The number of ether oxygens (including phenoxy) is 2. The SMILES string of the molecule is COc1c(N2C[C@@H]3CCCN(CCOC=O)[C@@H]3C2)c(F)cc2c(=O)c(C(=O)O)cn(C3CC3)c12. The highest BCUT2D eigenvalue weighted by molar-refractivity contribution is 5.97. The number of aromatic carboxylic acids is 1. The number of rotatable bonds is 8. The van der Waals surface area contributed by atoms with Crippen molar-refractivity contribution in [1.82, 2.24) is 9.47 Å². The van der Waals surface area contributed by atoms with Crippen LogP contribution >= 0.6 is 0 Å². The smallest absolute Gasteiger partial charge is 0.341 e. The summed E-state index contributed by atoms with van der Waals surface area (Å²) in [5.74, 6) is -1.32. The second-order valence-electron chi connectivity index (χ2n) is 9.33. The lowest BCUT2D eigenvalue weighted by atomic mass is 9.92. The molecular weight excluding hydrogens is 445 g/mol. The van der Waals surface area contributed by atoms with E-state index in [1.807, 2.05) is 4.90 Å². The average Bonchev–Trinajstić information content (AvgIpc) is 3.57. The summed E-state index contributed by atoms with van der Waals surface area (Å²) in [7, 11) is 1.46. The molecule has 1 aliphatic carbocycles. The van der Waals surface area contributed by atoms with Gasteiger partial charge in [0.1, 0.15) is 17.9 Å². The molecule has 1 aromatic heterocycles. The molecule has 2 atom stereocenters. The van der Waals surface area contributed by atoms with Crippen LogP contribution in [-0.4, -0.2) is 73.0 Å². The molecule has 3 fully saturated rings. The fourth-order valence-electron chi connectivity index (χ4n) is 5.68. The Balaban J connectivity index is 1.58. The van der Waals surface area contributed by atoms with Crippen LogP contribution in [0.5, 0.6) is 5.75 Å². The van der Waals surface area contributed by atoms with Crippen LogP contribution in [0.3, 0.4) is 0 Å². The lowest BCUT2D eigenvalue weighted by Crippen LogP contribution is -2.46. The number of halogens is 1. The largest absolute Gasteiger partial charge is 0.492 e. The number of pyridine rings is 1. The molecule has 2 aliphatic heterocycles. The zero-order chi connectivity index (χ0) is 24.0. The molecule has 0 bridgehead atoms. The number of likely N-dealkylation sites (tertiary alicyclic amines) is 1. The first kappa shape index (κ1) is 22.6. The van der Waals surface area contributed by atoms with Crippen molar-refractivity contribution in [3.05, 3.63) is 33.9 Å². The number of anilines is 1. The number of aromatic nitrogens is 1. The first-order valence-electron chi connectivity index (χ1n) is 11.7. The van der Waals surface area contributed by atoms with Crippen LogP contribution < -0.4 is 15.1 Å². The quantitative estimate of drug-likeness (QED) is 0.460. The molecule has 1 saturated carbocycles. The number of carbonyl (C=O) groups excluding carboxylic acids is 1. The van der Waals surface area contributed by atoms with Crippen LogP contribution in [0.2, 0.25) is 0 Å². The Morgan fingerprint density at radius 1 is 1.29 bits per heavy atom. The summed E-state index contributed by atoms with van der Waals surface area (Å²) >= 11 is 0. The zero-order valence-electron chi connectivity index (χ0n) is 19.0. The molecule has 5 rings (SSSR count). The van der Waals surface area contributed by atoms with Gasteiger partial charge < -0.3 is 24.0 Å². The lowest BCUT2D eigenvalue weighted by Gasteiger charge is -2.36. The Morgan fingerprint density at radius 3 is 2.76 bits per heavy atom. The molecule has 0 spiro atoms. The number of fused-ring (bicyclic) bond motifs is 2. The minimum Gasteiger partial charge on any atom is -0.492 e. The van der Waals surface area contributed by atoms with Crippen LogP contribution in [0.1, 0.15) is 42.1 Å². The molecule has 34 heavy (non-hydrogen) atoms. The van der Waals surface area contributed by atoms with E-state index in [4.69, 9.17) is 9.47 Å². The standard InChI is InChI=1S/C24H28FN3O6/c1-33-23-20-16(22(30)17(24(31)32)11-28(20)15-4-5-15)9-18(25)21(23)27-10-14-3-2-6-26(19(14)12-27)7-8-34-13-29/h9,11,13-15,19H,2-8,10,12H2,1H3,(H,31,32)/t14-,19+/m0/s1. The van der Waals surface area contributed by atoms with Gasteiger partial charge in [0, 0.05) is 37.9 Å². The van der Waals surface area contributed by atoms with E-state index in [0.717, 1.165) is 32.2 Å². The molecule has 0 radical (unpaired) electrons. The van der Waals surface area contributed by atoms with E-state index in [0.29, 0.717) is 49.8 Å². The van der Waals surface area contributed by atoms with Gasteiger partial charge in [-0.2, -0.15) is 0 Å². The third kappa shape index (κ3) is 3.79. The second kappa shape index (κ2) is 8.90. The van der Waals surface area contributed by atoms with Gasteiger partial charge in [0.25, 0.3) is 6.47 Å². The third-order valence-corrected chi connectivity index (χ3v) is 7.35. The van der Waals surface area contributed by atoms with Crippen molar-refractivity contribution in [2.75, 3.05) is 44.8 Å². The summed E-state index contributed by atoms with van der Waals surface area (Å²) in [5.41, 5.74) is -0.318. The molecule has 3 aliphatic rings. The van der Waals surface area contributed by atoms with E-state index >= 15 is 4.39 Å². The van der Waals surface area contributed by atoms with Gasteiger partial charge >= 0.3 is 5.97 Å². The van der Waals surface area contributed by atoms with E-state index < -0.39 is 17.2 Å². The Kier molecular flexibility index (Phi) is 5.93. The van der Waals surface area contributed by atoms with Crippen molar-refractivity contribution in [2.24, 2.45) is 5.92 Å². The van der Waals surface area contributed by atoms with Crippen molar-refractivity contribution >= 4 is 29.0 Å². The maximum Gasteiger partial charge on any atom is 0.341 e. The lowest BCUT2D eigenvalue weighted by molar-refractivity contribution is -0.129. The number of hydrogen-bond acceptors (Lipinski definition) is 7. The molecule has 2 saturated heterocycles. The van der Waals surface area contributed by atoms with Crippen LogP contribution in [0.4, 0.5) is 10.1 Å². The van der Waals surface area contributed by atoms with Gasteiger partial charge in [-0.1, -0.05) is 0 Å². The van der Waals surface area contributed by atoms with Crippen LogP contribution in [0.15, 0.2) is 17.1 Å². The molecule has 1 aromatic carbocycles. The second-order valence-corrected chi connectivity index (χ2v) is 9.33. The molecular formula is C24H28FN3O6. The molecule has 1 N–H and O–H groups in total. The molecule has 10 heteroatoms. The van der Waals surface area contributed by atoms with Crippen LogP contribution in [0.25, 0.3) is 10.9 Å². The predicted molar refractivity (Wildman–Crippen MR) is 122 cm³/mol. The van der Waals surface area contributed by atoms with E-state index in [1.54, 1.807) is 4.57 Å². The van der Waals surface area contributed by atoms with Crippen molar-refractivity contribution in [3.63, 3.8) is 0 Å². The summed E-state index contributed by atoms with van der Waals surface area (Å²) in [4.78, 5) is 39.4. The number of carbonyl (C=O) groups is 2. The number of benzene rings is 1. The maximum atomic E-state index is 15.6. The van der Waals surface area contributed by atoms with Crippen molar-refractivity contribution in [3.8, 4) is 5.75 Å². The molecule has 3 heterocycles. The molecule has 2 aromatic rings. The van der Waals surface area contributed by atoms with E-state index in [1.165, 1.54) is 19.4 Å². The highest BCUT2D eigenvalue weighted by Gasteiger charge is 2.41. The van der Waals surface area contributed by atoms with Gasteiger partial charge in [-0.15, -0.1) is 0 Å². The van der Waals surface area contributed by atoms with Gasteiger partial charge in [0.2, 0.25) is 5.43 Å². The molecule has 182 valence electrons. The predicted octanol–water partition coefficient (Wildman–Crippen LogP) is 2.26. The average molecular weight is 474 g/mol. The van der Waals surface area contributed by atoms with E-state index in [2.05, 4.69) is 4.90 Å². The first-order chi connectivity index (χ1) is 16.4. The Bertz CT molecular complexity index is 1190. The molecule has 0 amide bonds. The summed E-state index contributed by atoms with van der Waals surface area (Å²) < 4.78 is 28.0. The third-order valence-electron chi connectivity index (χ3n) is 7.35. The van der Waals surface area contributed by atoms with Gasteiger partial charge in [-0.05, 0) is 44.2 Å². The highest BCUT2D eigenvalue weighted by Crippen LogP contribution is 2.45. The number of carboxylic acid groups (broad SMARTS) is 1. The van der Waals surface area contributed by atoms with Crippen molar-refractivity contribution in [1.29, 1.82) is 0 Å². The van der Waals surface area contributed by atoms with Gasteiger partial charge in [-0.3, -0.25) is 14.5 Å². The van der Waals surface area contributed by atoms with E-state index in [-0.39, 0.29) is 28.8 Å². The van der Waals surface area contributed by atoms with Gasteiger partial charge in [0.05, 0.1) is 18.0 Å². The molecule has 9 nitrogen and oxygen atoms in total. The normalized spacial score (nSPS) is 22.6. The fraction of sp³-hybridized carbons (Fsp3) is 0.542. The van der Waals surface area contributed by atoms with Crippen LogP contribution in [0, 0.1) is 11.7 Å². The number of nitrogens with zero attached hydrogens (tertiary/aromatic N) is 3.